The van der Waals surface area contributed by atoms with Crippen molar-refractivity contribution in [3.8, 4) is 11.3 Å². The van der Waals surface area contributed by atoms with Gasteiger partial charge >= 0.3 is 0 Å². The molecule has 1 N–H and O–H groups in total. The van der Waals surface area contributed by atoms with Crippen LogP contribution < -0.4 is 5.32 Å². The maximum absolute atomic E-state index is 13.6. The van der Waals surface area contributed by atoms with E-state index in [1.807, 2.05) is 23.7 Å². The van der Waals surface area contributed by atoms with E-state index in [1.165, 1.54) is 12.3 Å². The summed E-state index contributed by atoms with van der Waals surface area (Å²) in [6.45, 7) is 3.04. The molecule has 0 saturated carbocycles. The van der Waals surface area contributed by atoms with Gasteiger partial charge in [0.05, 0.1) is 11.9 Å². The van der Waals surface area contributed by atoms with Crippen molar-refractivity contribution in [3.63, 3.8) is 0 Å². The summed E-state index contributed by atoms with van der Waals surface area (Å²) >= 11 is 0. The molecular weight excluding hydrogens is 390 g/mol. The normalized spacial score (nSPS) is 11.3. The molecule has 0 saturated heterocycles. The highest BCUT2D eigenvalue weighted by atomic mass is 19.3. The Bertz CT molecular complexity index is 1170. The van der Waals surface area contributed by atoms with Gasteiger partial charge < -0.3 is 5.32 Å². The second kappa shape index (κ2) is 8.40. The van der Waals surface area contributed by atoms with Gasteiger partial charge in [-0.25, -0.2) is 18.3 Å². The van der Waals surface area contributed by atoms with Gasteiger partial charge in [-0.1, -0.05) is 30.3 Å². The number of alkyl halides is 2. The monoisotopic (exact) mass is 410 g/mol. The van der Waals surface area contributed by atoms with Crippen molar-refractivity contribution in [2.45, 2.75) is 26.3 Å². The molecule has 0 atom stereocenters. The van der Waals surface area contributed by atoms with Crippen molar-refractivity contribution in [3.05, 3.63) is 71.8 Å². The summed E-state index contributed by atoms with van der Waals surface area (Å²) in [7, 11) is 0. The van der Waals surface area contributed by atoms with Gasteiger partial charge in [-0.05, 0) is 25.5 Å². The maximum atomic E-state index is 13.6. The van der Waals surface area contributed by atoms with Gasteiger partial charge in [-0.3, -0.25) is 9.48 Å². The lowest BCUT2D eigenvalue weighted by atomic mass is 10.1. The number of amides is 1. The number of aryl methyl sites for hydroxylation is 2. The third-order valence-electron chi connectivity index (χ3n) is 4.80. The number of nitrogens with one attached hydrogen (secondary N) is 1. The van der Waals surface area contributed by atoms with E-state index in [9.17, 15) is 13.6 Å². The van der Waals surface area contributed by atoms with Gasteiger partial charge in [0, 0.05) is 30.5 Å². The predicted molar refractivity (Wildman–Crippen MR) is 107 cm³/mol. The Morgan fingerprint density at radius 2 is 1.97 bits per heavy atom. The van der Waals surface area contributed by atoms with Gasteiger partial charge in [0.25, 0.3) is 12.3 Å². The summed E-state index contributed by atoms with van der Waals surface area (Å²) in [6.07, 6.45) is 0.920. The lowest BCUT2D eigenvalue weighted by Crippen LogP contribution is -2.25. The fourth-order valence-corrected chi connectivity index (χ4v) is 3.22. The Labute approximate surface area is 171 Å². The average Bonchev–Trinajstić information content (AvgIpc) is 3.37. The molecule has 7 nitrogen and oxygen atoms in total. The van der Waals surface area contributed by atoms with Crippen LogP contribution in [0.2, 0.25) is 0 Å². The summed E-state index contributed by atoms with van der Waals surface area (Å²) in [5.41, 5.74) is 2.04. The Hall–Kier alpha value is -3.62. The lowest BCUT2D eigenvalue weighted by Gasteiger charge is -2.09. The van der Waals surface area contributed by atoms with Crippen LogP contribution in [-0.2, 0) is 6.54 Å². The molecule has 4 aromatic rings. The van der Waals surface area contributed by atoms with E-state index in [0.717, 1.165) is 10.2 Å². The molecule has 1 amide bonds. The van der Waals surface area contributed by atoms with E-state index < -0.39 is 12.3 Å². The highest BCUT2D eigenvalue weighted by Crippen LogP contribution is 2.26. The zero-order valence-electron chi connectivity index (χ0n) is 16.3. The molecule has 0 fully saturated rings. The predicted octanol–water partition coefficient (Wildman–Crippen LogP) is 3.66. The highest BCUT2D eigenvalue weighted by molar-refractivity contribution is 5.99. The molecule has 0 aliphatic heterocycles. The Morgan fingerprint density at radius 1 is 1.17 bits per heavy atom. The number of aromatic nitrogens is 5. The smallest absolute Gasteiger partial charge is 0.280 e. The topological polar surface area (TPSA) is 77.1 Å². The van der Waals surface area contributed by atoms with Crippen LogP contribution in [-0.4, -0.2) is 36.8 Å². The lowest BCUT2D eigenvalue weighted by molar-refractivity contribution is 0.0953. The number of carbonyl (C=O) groups is 1. The number of hydrogen-bond donors (Lipinski definition) is 1. The standard InChI is InChI=1S/C21H20F2N6O/c1-14-8-10-25-28(14)11-5-9-24-21(30)16-13-26-29-18(19(22)23)12-17(27-20(16)29)15-6-3-2-4-7-15/h2-4,6-8,10,12-13,19H,5,9,11H2,1H3,(H,24,30). The third-order valence-corrected chi connectivity index (χ3v) is 4.80. The largest absolute Gasteiger partial charge is 0.352 e. The first-order valence-electron chi connectivity index (χ1n) is 9.53. The molecule has 0 aliphatic carbocycles. The van der Waals surface area contributed by atoms with Crippen LogP contribution in [0.1, 0.15) is 34.6 Å². The molecule has 4 rings (SSSR count). The van der Waals surface area contributed by atoms with Crippen molar-refractivity contribution >= 4 is 11.6 Å². The van der Waals surface area contributed by atoms with Crippen LogP contribution >= 0.6 is 0 Å². The van der Waals surface area contributed by atoms with Crippen LogP contribution in [0.15, 0.2) is 54.9 Å². The number of rotatable bonds is 7. The summed E-state index contributed by atoms with van der Waals surface area (Å²) in [6, 6.07) is 12.2. The number of halogens is 2. The first-order chi connectivity index (χ1) is 14.5. The molecule has 0 unspecified atom stereocenters. The molecule has 0 radical (unpaired) electrons. The van der Waals surface area contributed by atoms with Crippen molar-refractivity contribution in [1.82, 2.24) is 29.7 Å². The molecule has 0 spiro atoms. The van der Waals surface area contributed by atoms with Crippen molar-refractivity contribution < 1.29 is 13.6 Å². The number of benzene rings is 1. The average molecular weight is 410 g/mol. The molecule has 0 aliphatic rings. The summed E-state index contributed by atoms with van der Waals surface area (Å²) in [5.74, 6) is -0.403. The van der Waals surface area contributed by atoms with E-state index in [2.05, 4.69) is 20.5 Å². The van der Waals surface area contributed by atoms with Crippen molar-refractivity contribution in [2.75, 3.05) is 6.54 Å². The zero-order chi connectivity index (χ0) is 21.1. The minimum absolute atomic E-state index is 0.104. The van der Waals surface area contributed by atoms with Gasteiger partial charge in [0.15, 0.2) is 5.65 Å². The Kier molecular flexibility index (Phi) is 5.51. The minimum atomic E-state index is -2.76. The number of nitrogens with zero attached hydrogens (tertiary/aromatic N) is 5. The summed E-state index contributed by atoms with van der Waals surface area (Å²) < 4.78 is 30.1. The zero-order valence-corrected chi connectivity index (χ0v) is 16.3. The molecular formula is C21H20F2N6O. The van der Waals surface area contributed by atoms with Crippen LogP contribution in [0.25, 0.3) is 16.9 Å². The first kappa shape index (κ1) is 19.7. The van der Waals surface area contributed by atoms with E-state index in [-0.39, 0.29) is 16.9 Å². The summed E-state index contributed by atoms with van der Waals surface area (Å²) in [5, 5.41) is 11.0. The van der Waals surface area contributed by atoms with E-state index in [1.54, 1.807) is 30.5 Å². The molecule has 1 aromatic carbocycles. The third kappa shape index (κ3) is 3.91. The van der Waals surface area contributed by atoms with Gasteiger partial charge in [0.2, 0.25) is 0 Å². The molecule has 154 valence electrons. The molecule has 3 aromatic heterocycles. The molecule has 30 heavy (non-hydrogen) atoms. The molecule has 3 heterocycles. The van der Waals surface area contributed by atoms with E-state index >= 15 is 0 Å². The van der Waals surface area contributed by atoms with Gasteiger partial charge in [-0.15, -0.1) is 0 Å². The summed E-state index contributed by atoms with van der Waals surface area (Å²) in [4.78, 5) is 17.1. The fraction of sp³-hybridized carbons (Fsp3) is 0.238. The number of hydrogen-bond acceptors (Lipinski definition) is 4. The minimum Gasteiger partial charge on any atom is -0.352 e. The van der Waals surface area contributed by atoms with Gasteiger partial charge in [-0.2, -0.15) is 10.2 Å². The van der Waals surface area contributed by atoms with E-state index in [4.69, 9.17) is 0 Å². The first-order valence-corrected chi connectivity index (χ1v) is 9.53. The van der Waals surface area contributed by atoms with Crippen molar-refractivity contribution in [2.24, 2.45) is 0 Å². The quantitative estimate of drug-likeness (QED) is 0.472. The number of fused-ring (bicyclic) bond motifs is 1. The van der Waals surface area contributed by atoms with Crippen LogP contribution in [0.5, 0.6) is 0 Å². The second-order valence-corrected chi connectivity index (χ2v) is 6.83. The maximum Gasteiger partial charge on any atom is 0.280 e. The van der Waals surface area contributed by atoms with Crippen LogP contribution in [0, 0.1) is 6.92 Å². The molecule has 9 heteroatoms. The van der Waals surface area contributed by atoms with Gasteiger partial charge in [0.1, 0.15) is 11.3 Å². The SMILES string of the molecule is Cc1ccnn1CCCNC(=O)c1cnn2c(C(F)F)cc(-c3ccccc3)nc12. The van der Waals surface area contributed by atoms with Crippen LogP contribution in [0.4, 0.5) is 8.78 Å². The number of carbonyl (C=O) groups excluding carboxylic acids is 1. The van der Waals surface area contributed by atoms with Crippen molar-refractivity contribution in [1.29, 1.82) is 0 Å². The Balaban J connectivity index is 1.57. The highest BCUT2D eigenvalue weighted by Gasteiger charge is 2.21. The van der Waals surface area contributed by atoms with E-state index in [0.29, 0.717) is 30.8 Å². The molecule has 0 bridgehead atoms. The second-order valence-electron chi connectivity index (χ2n) is 6.83. The van der Waals surface area contributed by atoms with Crippen LogP contribution in [0.3, 0.4) is 0 Å². The fourth-order valence-electron chi connectivity index (χ4n) is 3.22. The Morgan fingerprint density at radius 3 is 2.67 bits per heavy atom.